The van der Waals surface area contributed by atoms with Gasteiger partial charge in [-0.15, -0.1) is 21.5 Å². The molecule has 0 aliphatic carbocycles. The second-order valence-electron chi connectivity index (χ2n) is 5.40. The highest BCUT2D eigenvalue weighted by Crippen LogP contribution is 2.30. The summed E-state index contributed by atoms with van der Waals surface area (Å²) in [6.07, 6.45) is 0. The minimum absolute atomic E-state index is 0.138. The summed E-state index contributed by atoms with van der Waals surface area (Å²) in [4.78, 5) is 16.8. The van der Waals surface area contributed by atoms with Crippen LogP contribution >= 0.6 is 23.1 Å². The zero-order chi connectivity index (χ0) is 15.6. The summed E-state index contributed by atoms with van der Waals surface area (Å²) >= 11 is 2.67. The fourth-order valence-corrected chi connectivity index (χ4v) is 2.96. The second-order valence-corrected chi connectivity index (χ2v) is 7.53. The number of esters is 1. The van der Waals surface area contributed by atoms with Gasteiger partial charge in [-0.1, -0.05) is 11.8 Å². The molecule has 0 unspecified atom stereocenters. The predicted octanol–water partition coefficient (Wildman–Crippen LogP) is 3.24. The molecule has 2 aromatic rings. The molecule has 0 saturated carbocycles. The molecular formula is C13H17N3O3S2. The van der Waals surface area contributed by atoms with E-state index in [1.54, 1.807) is 0 Å². The monoisotopic (exact) mass is 327 g/mol. The van der Waals surface area contributed by atoms with Crippen LogP contribution in [-0.2, 0) is 9.53 Å². The Morgan fingerprint density at radius 1 is 1.33 bits per heavy atom. The topological polar surface area (TPSA) is 78.1 Å². The lowest BCUT2D eigenvalue weighted by molar-refractivity contribution is -0.151. The number of aromatic nitrogens is 3. The van der Waals surface area contributed by atoms with Crippen molar-refractivity contribution in [3.8, 4) is 10.8 Å². The zero-order valence-corrected chi connectivity index (χ0v) is 14.2. The van der Waals surface area contributed by atoms with E-state index in [0.717, 1.165) is 15.6 Å². The summed E-state index contributed by atoms with van der Waals surface area (Å²) in [5.74, 6) is 0.265. The Labute approximate surface area is 131 Å². The standard InChI is InChI=1S/C13H17N3O3S2/c1-7-10(21-8(2)14-7)11-15-16-12(18-11)20-6-9(17)19-13(3,4)5/h6H2,1-5H3. The number of carbonyl (C=O) groups excluding carboxylic acids is 1. The van der Waals surface area contributed by atoms with E-state index in [1.807, 2.05) is 34.6 Å². The van der Waals surface area contributed by atoms with Gasteiger partial charge in [0.1, 0.15) is 16.2 Å². The number of hydrogen-bond donors (Lipinski definition) is 0. The van der Waals surface area contributed by atoms with E-state index in [4.69, 9.17) is 9.15 Å². The summed E-state index contributed by atoms with van der Waals surface area (Å²) in [5.41, 5.74) is 0.374. The van der Waals surface area contributed by atoms with Gasteiger partial charge in [-0.3, -0.25) is 4.79 Å². The van der Waals surface area contributed by atoms with Gasteiger partial charge in [0.05, 0.1) is 10.7 Å². The third-order valence-corrected chi connectivity index (χ3v) is 4.09. The molecule has 2 heterocycles. The quantitative estimate of drug-likeness (QED) is 0.630. The Morgan fingerprint density at radius 3 is 2.62 bits per heavy atom. The molecule has 0 radical (unpaired) electrons. The van der Waals surface area contributed by atoms with E-state index in [1.165, 1.54) is 23.1 Å². The van der Waals surface area contributed by atoms with Crippen LogP contribution in [0.15, 0.2) is 9.64 Å². The van der Waals surface area contributed by atoms with Crippen molar-refractivity contribution in [3.63, 3.8) is 0 Å². The van der Waals surface area contributed by atoms with Crippen LogP contribution in [0.3, 0.4) is 0 Å². The van der Waals surface area contributed by atoms with Gasteiger partial charge in [0.2, 0.25) is 0 Å². The molecule has 0 saturated heterocycles. The van der Waals surface area contributed by atoms with Crippen molar-refractivity contribution >= 4 is 29.1 Å². The first-order chi connectivity index (χ1) is 9.74. The number of rotatable bonds is 4. The maximum Gasteiger partial charge on any atom is 0.316 e. The molecule has 2 aromatic heterocycles. The fraction of sp³-hybridized carbons (Fsp3) is 0.538. The third kappa shape index (κ3) is 4.53. The van der Waals surface area contributed by atoms with E-state index in [0.29, 0.717) is 11.1 Å². The molecule has 0 amide bonds. The SMILES string of the molecule is Cc1nc(C)c(-c2nnc(SCC(=O)OC(C)(C)C)o2)s1. The lowest BCUT2D eigenvalue weighted by Crippen LogP contribution is -2.24. The number of hydrogen-bond acceptors (Lipinski definition) is 8. The molecule has 114 valence electrons. The van der Waals surface area contributed by atoms with Crippen LogP contribution in [0.4, 0.5) is 0 Å². The Balaban J connectivity index is 1.98. The Morgan fingerprint density at radius 2 is 2.05 bits per heavy atom. The van der Waals surface area contributed by atoms with Crippen LogP contribution in [0.1, 0.15) is 31.5 Å². The van der Waals surface area contributed by atoms with Crippen molar-refractivity contribution in [1.29, 1.82) is 0 Å². The second kappa shape index (κ2) is 6.15. The molecule has 6 nitrogen and oxygen atoms in total. The first-order valence-electron chi connectivity index (χ1n) is 6.37. The number of aryl methyl sites for hydroxylation is 2. The van der Waals surface area contributed by atoms with Crippen LogP contribution in [0, 0.1) is 13.8 Å². The lowest BCUT2D eigenvalue weighted by Gasteiger charge is -2.18. The molecular weight excluding hydrogens is 310 g/mol. The average molecular weight is 327 g/mol. The lowest BCUT2D eigenvalue weighted by atomic mass is 10.2. The molecule has 0 aliphatic heterocycles. The minimum atomic E-state index is -0.491. The number of thiazole rings is 1. The molecule has 0 N–H and O–H groups in total. The highest BCUT2D eigenvalue weighted by Gasteiger charge is 2.19. The summed E-state index contributed by atoms with van der Waals surface area (Å²) in [6.45, 7) is 9.31. The Hall–Kier alpha value is -1.41. The normalized spacial score (nSPS) is 11.7. The molecule has 0 atom stereocenters. The molecule has 21 heavy (non-hydrogen) atoms. The van der Waals surface area contributed by atoms with Gasteiger partial charge in [0, 0.05) is 0 Å². The van der Waals surface area contributed by atoms with Crippen molar-refractivity contribution in [2.75, 3.05) is 5.75 Å². The van der Waals surface area contributed by atoms with Gasteiger partial charge in [-0.05, 0) is 34.6 Å². The Kier molecular flexibility index (Phi) is 4.67. The number of carbonyl (C=O) groups is 1. The van der Waals surface area contributed by atoms with Crippen LogP contribution in [-0.4, -0.2) is 32.5 Å². The average Bonchev–Trinajstić information content (AvgIpc) is 2.91. The predicted molar refractivity (Wildman–Crippen MR) is 81.4 cm³/mol. The van der Waals surface area contributed by atoms with Crippen molar-refractivity contribution in [2.24, 2.45) is 0 Å². The molecule has 0 aromatic carbocycles. The summed E-state index contributed by atoms with van der Waals surface area (Å²) < 4.78 is 10.8. The largest absolute Gasteiger partial charge is 0.459 e. The van der Waals surface area contributed by atoms with Crippen LogP contribution in [0.5, 0.6) is 0 Å². The van der Waals surface area contributed by atoms with E-state index < -0.39 is 5.60 Å². The van der Waals surface area contributed by atoms with Crippen molar-refractivity contribution < 1.29 is 13.9 Å². The van der Waals surface area contributed by atoms with E-state index in [-0.39, 0.29) is 11.7 Å². The fourth-order valence-electron chi connectivity index (χ4n) is 1.58. The molecule has 0 spiro atoms. The number of thioether (sulfide) groups is 1. The van der Waals surface area contributed by atoms with Gasteiger partial charge in [0.25, 0.3) is 11.1 Å². The van der Waals surface area contributed by atoms with E-state index in [2.05, 4.69) is 15.2 Å². The maximum absolute atomic E-state index is 11.6. The van der Waals surface area contributed by atoms with Crippen molar-refractivity contribution in [1.82, 2.24) is 15.2 Å². The van der Waals surface area contributed by atoms with Crippen molar-refractivity contribution in [2.45, 2.75) is 45.4 Å². The van der Waals surface area contributed by atoms with Crippen LogP contribution in [0.25, 0.3) is 10.8 Å². The minimum Gasteiger partial charge on any atom is -0.459 e. The summed E-state index contributed by atoms with van der Waals surface area (Å²) in [6, 6.07) is 0. The highest BCUT2D eigenvalue weighted by molar-refractivity contribution is 7.99. The molecule has 0 fully saturated rings. The summed E-state index contributed by atoms with van der Waals surface area (Å²) in [7, 11) is 0. The van der Waals surface area contributed by atoms with Gasteiger partial charge >= 0.3 is 5.97 Å². The summed E-state index contributed by atoms with van der Waals surface area (Å²) in [5, 5.41) is 9.22. The molecule has 0 aliphatic rings. The number of ether oxygens (including phenoxy) is 1. The first kappa shape index (κ1) is 16.0. The number of nitrogens with zero attached hydrogens (tertiary/aromatic N) is 3. The van der Waals surface area contributed by atoms with Gasteiger partial charge in [0.15, 0.2) is 0 Å². The van der Waals surface area contributed by atoms with Gasteiger partial charge < -0.3 is 9.15 Å². The van der Waals surface area contributed by atoms with Crippen LogP contribution < -0.4 is 0 Å². The third-order valence-electron chi connectivity index (χ3n) is 2.24. The smallest absolute Gasteiger partial charge is 0.316 e. The van der Waals surface area contributed by atoms with Gasteiger partial charge in [-0.2, -0.15) is 0 Å². The molecule has 8 heteroatoms. The van der Waals surface area contributed by atoms with E-state index in [9.17, 15) is 4.79 Å². The Bertz CT molecular complexity index is 643. The van der Waals surface area contributed by atoms with Crippen LogP contribution in [0.2, 0.25) is 0 Å². The first-order valence-corrected chi connectivity index (χ1v) is 8.17. The molecule has 2 rings (SSSR count). The van der Waals surface area contributed by atoms with Crippen molar-refractivity contribution in [3.05, 3.63) is 10.7 Å². The maximum atomic E-state index is 11.6. The zero-order valence-electron chi connectivity index (χ0n) is 12.6. The van der Waals surface area contributed by atoms with E-state index >= 15 is 0 Å². The highest BCUT2D eigenvalue weighted by atomic mass is 32.2. The van der Waals surface area contributed by atoms with Gasteiger partial charge in [-0.25, -0.2) is 4.98 Å². The molecule has 0 bridgehead atoms.